The maximum atomic E-state index is 3.16. The maximum absolute atomic E-state index is 3.16. The second-order valence-electron chi connectivity index (χ2n) is 2.18. The van der Waals surface area contributed by atoms with Gasteiger partial charge in [-0.25, -0.2) is 0 Å². The summed E-state index contributed by atoms with van der Waals surface area (Å²) >= 11 is 0. The predicted octanol–water partition coefficient (Wildman–Crippen LogP) is 0.595. The van der Waals surface area contributed by atoms with Crippen LogP contribution in [0.3, 0.4) is 0 Å². The monoisotopic (exact) mass is 124 g/mol. The Labute approximate surface area is 55.6 Å². The van der Waals surface area contributed by atoms with E-state index in [2.05, 4.69) is 29.7 Å². The number of dihydropyridines is 1. The van der Waals surface area contributed by atoms with E-state index in [1.54, 1.807) is 0 Å². The van der Waals surface area contributed by atoms with Crippen LogP contribution in [-0.2, 0) is 0 Å². The van der Waals surface area contributed by atoms with Gasteiger partial charge in [-0.2, -0.15) is 0 Å². The summed E-state index contributed by atoms with van der Waals surface area (Å²) in [6.07, 6.45) is 6.50. The maximum Gasteiger partial charge on any atom is 0.0957 e. The Morgan fingerprint density at radius 3 is 2.89 bits per heavy atom. The van der Waals surface area contributed by atoms with Gasteiger partial charge in [0.15, 0.2) is 0 Å². The first kappa shape index (κ1) is 6.36. The molecule has 0 bridgehead atoms. The molecule has 0 fully saturated rings. The summed E-state index contributed by atoms with van der Waals surface area (Å²) in [6, 6.07) is 0. The molecule has 1 aliphatic heterocycles. The highest BCUT2D eigenvalue weighted by Gasteiger charge is 1.99. The molecule has 2 nitrogen and oxygen atoms in total. The molecule has 1 atom stereocenters. The van der Waals surface area contributed by atoms with Crippen LogP contribution >= 0.6 is 0 Å². The first-order chi connectivity index (χ1) is 4.33. The molecule has 1 aliphatic rings. The molecule has 0 aliphatic carbocycles. The molecule has 1 unspecified atom stereocenters. The Morgan fingerprint density at radius 2 is 2.44 bits per heavy atom. The number of rotatable bonds is 1. The fourth-order valence-corrected chi connectivity index (χ4v) is 0.752. The van der Waals surface area contributed by atoms with Gasteiger partial charge in [-0.15, -0.1) is 0 Å². The van der Waals surface area contributed by atoms with Gasteiger partial charge in [-0.3, -0.25) is 5.32 Å². The van der Waals surface area contributed by atoms with Crippen molar-refractivity contribution in [1.82, 2.24) is 10.6 Å². The summed E-state index contributed by atoms with van der Waals surface area (Å²) in [6.45, 7) is 2.06. The lowest BCUT2D eigenvalue weighted by molar-refractivity contribution is 0.603. The van der Waals surface area contributed by atoms with Crippen molar-refractivity contribution in [2.75, 3.05) is 7.05 Å². The lowest BCUT2D eigenvalue weighted by Crippen LogP contribution is -2.36. The third kappa shape index (κ3) is 1.57. The minimum atomic E-state index is 0.314. The van der Waals surface area contributed by atoms with Crippen LogP contribution in [0.1, 0.15) is 6.92 Å². The van der Waals surface area contributed by atoms with Crippen molar-refractivity contribution < 1.29 is 0 Å². The molecule has 2 heteroatoms. The van der Waals surface area contributed by atoms with E-state index in [1.807, 2.05) is 13.2 Å². The summed E-state index contributed by atoms with van der Waals surface area (Å²) in [7, 11) is 1.93. The minimum absolute atomic E-state index is 0.314. The first-order valence-electron chi connectivity index (χ1n) is 3.11. The molecule has 0 radical (unpaired) electrons. The molecule has 1 rings (SSSR count). The fourth-order valence-electron chi connectivity index (χ4n) is 0.752. The summed E-state index contributed by atoms with van der Waals surface area (Å²) < 4.78 is 0. The number of allylic oxidation sites excluding steroid dienone is 2. The Balaban J connectivity index is 2.48. The molecule has 50 valence electrons. The average Bonchev–Trinajstić information content (AvgIpc) is 1.90. The van der Waals surface area contributed by atoms with Gasteiger partial charge in [-0.05, 0) is 25.6 Å². The zero-order valence-electron chi connectivity index (χ0n) is 5.81. The Bertz CT molecular complexity index is 147. The topological polar surface area (TPSA) is 24.1 Å². The molecule has 0 saturated carbocycles. The number of nitrogens with one attached hydrogen (secondary N) is 2. The molecule has 9 heavy (non-hydrogen) atoms. The molecule has 0 amide bonds. The normalized spacial score (nSPS) is 25.1. The minimum Gasteiger partial charge on any atom is -0.372 e. The van der Waals surface area contributed by atoms with Gasteiger partial charge in [0, 0.05) is 6.20 Å². The largest absolute Gasteiger partial charge is 0.372 e. The van der Waals surface area contributed by atoms with Gasteiger partial charge in [0.25, 0.3) is 0 Å². The third-order valence-corrected chi connectivity index (χ3v) is 1.35. The predicted molar refractivity (Wildman–Crippen MR) is 38.9 cm³/mol. The smallest absolute Gasteiger partial charge is 0.0957 e. The van der Waals surface area contributed by atoms with Gasteiger partial charge < -0.3 is 5.32 Å². The van der Waals surface area contributed by atoms with Crippen LogP contribution < -0.4 is 10.6 Å². The standard InChI is InChI=1S/C7H12N2/c1-6-3-4-7(8-2)9-5-6/h3-5,7-9H,1-2H3. The number of hydrogen-bond acceptors (Lipinski definition) is 2. The Hall–Kier alpha value is -0.760. The van der Waals surface area contributed by atoms with Crippen LogP contribution in [0.2, 0.25) is 0 Å². The van der Waals surface area contributed by atoms with E-state index >= 15 is 0 Å². The molecule has 0 aromatic carbocycles. The van der Waals surface area contributed by atoms with Gasteiger partial charge in [0.1, 0.15) is 0 Å². The zero-order chi connectivity index (χ0) is 6.69. The highest BCUT2D eigenvalue weighted by molar-refractivity contribution is 5.21. The summed E-state index contributed by atoms with van der Waals surface area (Å²) in [5, 5.41) is 6.24. The second kappa shape index (κ2) is 2.69. The average molecular weight is 124 g/mol. The highest BCUT2D eigenvalue weighted by Crippen LogP contribution is 1.99. The van der Waals surface area contributed by atoms with Crippen molar-refractivity contribution in [2.45, 2.75) is 13.1 Å². The van der Waals surface area contributed by atoms with E-state index in [9.17, 15) is 0 Å². The van der Waals surface area contributed by atoms with Crippen LogP contribution in [0.4, 0.5) is 0 Å². The molecular weight excluding hydrogens is 112 g/mol. The summed E-state index contributed by atoms with van der Waals surface area (Å²) in [5.41, 5.74) is 1.27. The molecule has 0 aromatic heterocycles. The van der Waals surface area contributed by atoms with Crippen LogP contribution in [0.5, 0.6) is 0 Å². The van der Waals surface area contributed by atoms with Crippen molar-refractivity contribution >= 4 is 0 Å². The van der Waals surface area contributed by atoms with Gasteiger partial charge >= 0.3 is 0 Å². The van der Waals surface area contributed by atoms with Crippen LogP contribution in [0.25, 0.3) is 0 Å². The van der Waals surface area contributed by atoms with Crippen molar-refractivity contribution in [3.8, 4) is 0 Å². The van der Waals surface area contributed by atoms with Crippen molar-refractivity contribution in [3.63, 3.8) is 0 Å². The van der Waals surface area contributed by atoms with E-state index < -0.39 is 0 Å². The number of hydrogen-bond donors (Lipinski definition) is 2. The van der Waals surface area contributed by atoms with Crippen molar-refractivity contribution in [3.05, 3.63) is 23.9 Å². The van der Waals surface area contributed by atoms with Crippen LogP contribution in [0.15, 0.2) is 23.9 Å². The van der Waals surface area contributed by atoms with E-state index in [4.69, 9.17) is 0 Å². The molecular formula is C7H12N2. The Morgan fingerprint density at radius 1 is 1.67 bits per heavy atom. The molecule has 0 saturated heterocycles. The highest BCUT2D eigenvalue weighted by atomic mass is 15.1. The van der Waals surface area contributed by atoms with Crippen molar-refractivity contribution in [2.24, 2.45) is 0 Å². The zero-order valence-corrected chi connectivity index (χ0v) is 5.81. The Kier molecular flexibility index (Phi) is 1.90. The first-order valence-corrected chi connectivity index (χ1v) is 3.11. The summed E-state index contributed by atoms with van der Waals surface area (Å²) in [4.78, 5) is 0. The van der Waals surface area contributed by atoms with Crippen molar-refractivity contribution in [1.29, 1.82) is 0 Å². The van der Waals surface area contributed by atoms with Crippen LogP contribution in [-0.4, -0.2) is 13.2 Å². The molecule has 2 N–H and O–H groups in total. The van der Waals surface area contributed by atoms with E-state index in [0.717, 1.165) is 0 Å². The van der Waals surface area contributed by atoms with Gasteiger partial charge in [0.05, 0.1) is 6.17 Å². The fraction of sp³-hybridized carbons (Fsp3) is 0.429. The SMILES string of the molecule is CNC1C=CC(C)=CN1. The van der Waals surface area contributed by atoms with E-state index in [1.165, 1.54) is 5.57 Å². The molecule has 1 heterocycles. The van der Waals surface area contributed by atoms with E-state index in [0.29, 0.717) is 6.17 Å². The van der Waals surface area contributed by atoms with Crippen LogP contribution in [0, 0.1) is 0 Å². The molecule has 0 aromatic rings. The third-order valence-electron chi connectivity index (χ3n) is 1.35. The lowest BCUT2D eigenvalue weighted by Gasteiger charge is -2.15. The summed E-state index contributed by atoms with van der Waals surface area (Å²) in [5.74, 6) is 0. The van der Waals surface area contributed by atoms with Gasteiger partial charge in [0.2, 0.25) is 0 Å². The van der Waals surface area contributed by atoms with Gasteiger partial charge in [-0.1, -0.05) is 6.08 Å². The molecule has 0 spiro atoms. The van der Waals surface area contributed by atoms with E-state index in [-0.39, 0.29) is 0 Å². The number of likely N-dealkylation sites (N-methyl/N-ethyl adjacent to an activating group) is 1. The second-order valence-corrected chi connectivity index (χ2v) is 2.18. The lowest BCUT2D eigenvalue weighted by atomic mass is 10.2. The quantitative estimate of drug-likeness (QED) is 0.534.